The Kier molecular flexibility index (Phi) is 5.92. The molecule has 13 heteroatoms. The summed E-state index contributed by atoms with van der Waals surface area (Å²) >= 11 is 6.09. The largest absolute Gasteiger partial charge is 0.451 e. The van der Waals surface area contributed by atoms with Gasteiger partial charge in [0.05, 0.1) is 12.7 Å². The van der Waals surface area contributed by atoms with Crippen molar-refractivity contribution >= 4 is 28.5 Å². The zero-order valence-electron chi connectivity index (χ0n) is 17.0. The number of hydrogen-bond donors (Lipinski definition) is 1. The summed E-state index contributed by atoms with van der Waals surface area (Å²) in [7, 11) is 0. The van der Waals surface area contributed by atoms with Crippen molar-refractivity contribution in [1.82, 2.24) is 19.9 Å². The van der Waals surface area contributed by atoms with Gasteiger partial charge in [0.2, 0.25) is 17.6 Å². The molecule has 3 aromatic rings. The van der Waals surface area contributed by atoms with E-state index in [0.29, 0.717) is 16.2 Å². The second-order valence-electron chi connectivity index (χ2n) is 7.94. The highest BCUT2D eigenvalue weighted by Crippen LogP contribution is 2.41. The first-order chi connectivity index (χ1) is 15.4. The van der Waals surface area contributed by atoms with E-state index in [0.717, 1.165) is 10.9 Å². The molecule has 0 aliphatic carbocycles. The van der Waals surface area contributed by atoms with Crippen LogP contribution in [-0.2, 0) is 18.8 Å². The van der Waals surface area contributed by atoms with Crippen molar-refractivity contribution in [3.05, 3.63) is 46.1 Å². The maximum Gasteiger partial charge on any atom is 0.451 e. The molecule has 2 atom stereocenters. The van der Waals surface area contributed by atoms with Crippen LogP contribution in [-0.4, -0.2) is 33.2 Å². The second-order valence-corrected chi connectivity index (χ2v) is 8.38. The van der Waals surface area contributed by atoms with Crippen molar-refractivity contribution in [2.45, 2.75) is 38.2 Å². The number of benzene rings is 1. The third-order valence-electron chi connectivity index (χ3n) is 5.49. The lowest BCUT2D eigenvalue weighted by atomic mass is 9.91. The van der Waals surface area contributed by atoms with Crippen LogP contribution in [0, 0.1) is 5.92 Å². The molecule has 0 radical (unpaired) electrons. The second kappa shape index (κ2) is 8.30. The molecule has 0 saturated heterocycles. The van der Waals surface area contributed by atoms with Gasteiger partial charge in [0.15, 0.2) is 0 Å². The highest BCUT2D eigenvalue weighted by molar-refractivity contribution is 6.31. The van der Waals surface area contributed by atoms with Crippen LogP contribution in [0.1, 0.15) is 42.3 Å². The fourth-order valence-corrected chi connectivity index (χ4v) is 4.19. The number of nitrogens with zero attached hydrogens (tertiary/aromatic N) is 4. The molecule has 1 aliphatic rings. The maximum absolute atomic E-state index is 13.4. The van der Waals surface area contributed by atoms with Crippen LogP contribution < -0.4 is 4.90 Å². The Labute approximate surface area is 188 Å². The van der Waals surface area contributed by atoms with E-state index in [1.807, 2.05) is 0 Å². The zero-order chi connectivity index (χ0) is 24.1. The summed E-state index contributed by atoms with van der Waals surface area (Å²) in [6.45, 7) is 0.904. The first-order valence-corrected chi connectivity index (χ1v) is 10.3. The first kappa shape index (κ1) is 23.5. The minimum atomic E-state index is -5.21. The van der Waals surface area contributed by atoms with Gasteiger partial charge in [-0.25, -0.2) is 4.98 Å². The van der Waals surface area contributed by atoms with Gasteiger partial charge < -0.3 is 9.88 Å². The van der Waals surface area contributed by atoms with E-state index in [1.165, 1.54) is 4.90 Å². The van der Waals surface area contributed by atoms with Crippen LogP contribution >= 0.6 is 11.6 Å². The Bertz CT molecular complexity index is 1140. The lowest BCUT2D eigenvalue weighted by Crippen LogP contribution is -2.38. The number of rotatable bonds is 4. The van der Waals surface area contributed by atoms with Gasteiger partial charge in [0.1, 0.15) is 0 Å². The number of alkyl halides is 7. The van der Waals surface area contributed by atoms with Gasteiger partial charge in [-0.15, -0.1) is 0 Å². The van der Waals surface area contributed by atoms with Crippen molar-refractivity contribution < 1.29 is 30.7 Å². The van der Waals surface area contributed by atoms with Crippen LogP contribution in [0.4, 0.5) is 36.7 Å². The SMILES string of the molecule is C[C@@H](CF)C[C@H]1c2[nH]c3ccc(Cl)cc3c2CCN1c1nc(C(F)(F)F)nc(C(F)(F)F)n1. The normalized spacial score (nSPS) is 18.0. The monoisotopic (exact) mass is 495 g/mol. The molecule has 3 heterocycles. The van der Waals surface area contributed by atoms with Crippen LogP contribution in [0.2, 0.25) is 5.02 Å². The molecule has 1 N–H and O–H groups in total. The molecule has 2 aromatic heterocycles. The van der Waals surface area contributed by atoms with Crippen LogP contribution in [0.5, 0.6) is 0 Å². The van der Waals surface area contributed by atoms with E-state index in [4.69, 9.17) is 11.6 Å². The lowest BCUT2D eigenvalue weighted by molar-refractivity contribution is -0.155. The van der Waals surface area contributed by atoms with Crippen LogP contribution in [0.3, 0.4) is 0 Å². The number of anilines is 1. The fourth-order valence-electron chi connectivity index (χ4n) is 4.01. The van der Waals surface area contributed by atoms with Gasteiger partial charge in [0, 0.05) is 28.2 Å². The van der Waals surface area contributed by atoms with Crippen molar-refractivity contribution in [1.29, 1.82) is 0 Å². The molecule has 0 fully saturated rings. The van der Waals surface area contributed by atoms with Crippen molar-refractivity contribution in [2.75, 3.05) is 18.1 Å². The molecule has 5 nitrogen and oxygen atoms in total. The Balaban J connectivity index is 1.87. The molecular formula is C20H17ClF7N5. The predicted molar refractivity (Wildman–Crippen MR) is 107 cm³/mol. The molecule has 1 aromatic carbocycles. The van der Waals surface area contributed by atoms with Crippen molar-refractivity contribution in [2.24, 2.45) is 5.92 Å². The zero-order valence-corrected chi connectivity index (χ0v) is 17.8. The number of hydrogen-bond acceptors (Lipinski definition) is 4. The maximum atomic E-state index is 13.4. The number of fused-ring (bicyclic) bond motifs is 3. The fraction of sp³-hybridized carbons (Fsp3) is 0.450. The molecule has 0 saturated carbocycles. The number of nitrogens with one attached hydrogen (secondary N) is 1. The van der Waals surface area contributed by atoms with Gasteiger partial charge in [-0.05, 0) is 42.5 Å². The molecule has 0 unspecified atom stereocenters. The average molecular weight is 496 g/mol. The summed E-state index contributed by atoms with van der Waals surface area (Å²) in [4.78, 5) is 13.6. The quantitative estimate of drug-likeness (QED) is 0.441. The molecule has 178 valence electrons. The molecule has 0 spiro atoms. The van der Waals surface area contributed by atoms with E-state index in [2.05, 4.69) is 19.9 Å². The summed E-state index contributed by atoms with van der Waals surface area (Å²) in [5, 5.41) is 1.26. The van der Waals surface area contributed by atoms with Gasteiger partial charge >= 0.3 is 12.4 Å². The Morgan fingerprint density at radius 2 is 1.73 bits per heavy atom. The van der Waals surface area contributed by atoms with Gasteiger partial charge in [-0.1, -0.05) is 18.5 Å². The van der Waals surface area contributed by atoms with Crippen molar-refractivity contribution in [3.63, 3.8) is 0 Å². The van der Waals surface area contributed by atoms with Crippen molar-refractivity contribution in [3.8, 4) is 0 Å². The Morgan fingerprint density at radius 1 is 1.09 bits per heavy atom. The number of aromatic amines is 1. The number of halogens is 8. The van der Waals surface area contributed by atoms with Gasteiger partial charge in [-0.3, -0.25) is 4.39 Å². The molecular weight excluding hydrogens is 479 g/mol. The topological polar surface area (TPSA) is 57.7 Å². The number of aromatic nitrogens is 4. The highest BCUT2D eigenvalue weighted by atomic mass is 35.5. The van der Waals surface area contributed by atoms with E-state index < -0.39 is 48.6 Å². The highest BCUT2D eigenvalue weighted by Gasteiger charge is 2.43. The summed E-state index contributed by atoms with van der Waals surface area (Å²) in [5.74, 6) is -5.16. The smallest absolute Gasteiger partial charge is 0.356 e. The summed E-state index contributed by atoms with van der Waals surface area (Å²) in [5.41, 5.74) is 2.08. The molecule has 1 aliphatic heterocycles. The summed E-state index contributed by atoms with van der Waals surface area (Å²) in [6, 6.07) is 4.32. The van der Waals surface area contributed by atoms with E-state index in [-0.39, 0.29) is 19.4 Å². The third-order valence-corrected chi connectivity index (χ3v) is 5.73. The third kappa shape index (κ3) is 4.57. The first-order valence-electron chi connectivity index (χ1n) is 9.91. The van der Waals surface area contributed by atoms with Crippen LogP contribution in [0.25, 0.3) is 10.9 Å². The molecule has 33 heavy (non-hydrogen) atoms. The van der Waals surface area contributed by atoms with Gasteiger partial charge in [0.25, 0.3) is 0 Å². The molecule has 0 amide bonds. The minimum Gasteiger partial charge on any atom is -0.356 e. The molecule has 0 bridgehead atoms. The van der Waals surface area contributed by atoms with E-state index in [1.54, 1.807) is 25.1 Å². The average Bonchev–Trinajstić information content (AvgIpc) is 3.10. The minimum absolute atomic E-state index is 0.0226. The van der Waals surface area contributed by atoms with Crippen LogP contribution in [0.15, 0.2) is 18.2 Å². The Hall–Kier alpha value is -2.63. The van der Waals surface area contributed by atoms with Gasteiger partial charge in [-0.2, -0.15) is 36.3 Å². The molecule has 4 rings (SSSR count). The standard InChI is InChI=1S/C20H17ClF7N5/c1-9(8-22)6-14-15-11(12-7-10(21)2-3-13(12)29-15)4-5-33(14)18-31-16(19(23,24)25)30-17(32-18)20(26,27)28/h2-3,7,9,14,29H,4-6,8H2,1H3/t9-,14+/m1/s1. The number of H-pyrrole nitrogens is 1. The van der Waals surface area contributed by atoms with E-state index in [9.17, 15) is 30.7 Å². The Morgan fingerprint density at radius 3 is 2.30 bits per heavy atom. The lowest BCUT2D eigenvalue weighted by Gasteiger charge is -2.37. The summed E-state index contributed by atoms with van der Waals surface area (Å²) < 4.78 is 93.0. The predicted octanol–water partition coefficient (Wildman–Crippen LogP) is 6.14. The summed E-state index contributed by atoms with van der Waals surface area (Å²) in [6.07, 6.45) is -10.0. The van der Waals surface area contributed by atoms with E-state index >= 15 is 0 Å².